The topological polar surface area (TPSA) is 26.3 Å². The Bertz CT molecular complexity index is 415. The lowest BCUT2D eigenvalue weighted by atomic mass is 9.93. The van der Waals surface area contributed by atoms with Crippen molar-refractivity contribution in [1.82, 2.24) is 0 Å². The van der Waals surface area contributed by atoms with Gasteiger partial charge in [-0.15, -0.1) is 0 Å². The van der Waals surface area contributed by atoms with Crippen molar-refractivity contribution in [3.8, 4) is 5.75 Å². The van der Waals surface area contributed by atoms with E-state index in [1.165, 1.54) is 0 Å². The normalized spacial score (nSPS) is 19.7. The maximum absolute atomic E-state index is 12.0. The van der Waals surface area contributed by atoms with E-state index in [0.717, 1.165) is 6.42 Å². The van der Waals surface area contributed by atoms with E-state index in [9.17, 15) is 4.79 Å². The summed E-state index contributed by atoms with van der Waals surface area (Å²) >= 11 is 11.8. The number of Topliss-reactive ketones (excluding diaryl/α,β-unsaturated/α-hetero) is 1. The summed E-state index contributed by atoms with van der Waals surface area (Å²) in [4.78, 5) is 12.0. The van der Waals surface area contributed by atoms with E-state index >= 15 is 0 Å². The summed E-state index contributed by atoms with van der Waals surface area (Å²) in [5.74, 6) is 0.464. The van der Waals surface area contributed by atoms with Crippen LogP contribution in [0.15, 0.2) is 12.1 Å². The average molecular weight is 245 g/mol. The molecule has 0 radical (unpaired) electrons. The van der Waals surface area contributed by atoms with Gasteiger partial charge in [0, 0.05) is 5.02 Å². The van der Waals surface area contributed by atoms with Gasteiger partial charge in [0.1, 0.15) is 5.75 Å². The molecule has 4 heteroatoms. The van der Waals surface area contributed by atoms with Crippen molar-refractivity contribution in [2.24, 2.45) is 5.92 Å². The first-order valence-corrected chi connectivity index (χ1v) is 5.55. The van der Waals surface area contributed by atoms with Crippen molar-refractivity contribution < 1.29 is 9.53 Å². The monoisotopic (exact) mass is 244 g/mol. The Labute approximate surface area is 98.1 Å². The van der Waals surface area contributed by atoms with Crippen LogP contribution in [0.1, 0.15) is 23.7 Å². The van der Waals surface area contributed by atoms with Gasteiger partial charge in [0.25, 0.3) is 0 Å². The van der Waals surface area contributed by atoms with E-state index in [-0.39, 0.29) is 11.7 Å². The van der Waals surface area contributed by atoms with Crippen molar-refractivity contribution in [3.63, 3.8) is 0 Å². The Morgan fingerprint density at radius 2 is 2.20 bits per heavy atom. The smallest absolute Gasteiger partial charge is 0.173 e. The molecule has 1 heterocycles. The van der Waals surface area contributed by atoms with Gasteiger partial charge in [-0.05, 0) is 18.6 Å². The second kappa shape index (κ2) is 4.03. The minimum absolute atomic E-state index is 0.0724. The summed E-state index contributed by atoms with van der Waals surface area (Å²) in [6.45, 7) is 2.37. The van der Waals surface area contributed by atoms with Gasteiger partial charge in [0.05, 0.1) is 23.1 Å². The molecule has 0 amide bonds. The summed E-state index contributed by atoms with van der Waals surface area (Å²) in [5, 5.41) is 0.868. The summed E-state index contributed by atoms with van der Waals surface area (Å²) < 4.78 is 5.47. The number of benzene rings is 1. The molecule has 0 fully saturated rings. The molecule has 1 unspecified atom stereocenters. The largest absolute Gasteiger partial charge is 0.490 e. The van der Waals surface area contributed by atoms with Crippen LogP contribution in [0.5, 0.6) is 5.75 Å². The van der Waals surface area contributed by atoms with E-state index in [1.807, 2.05) is 6.92 Å². The number of fused-ring (bicyclic) bond motifs is 1. The Kier molecular flexibility index (Phi) is 2.89. The van der Waals surface area contributed by atoms with Gasteiger partial charge in [0.15, 0.2) is 5.78 Å². The van der Waals surface area contributed by atoms with E-state index in [1.54, 1.807) is 12.1 Å². The van der Waals surface area contributed by atoms with Crippen molar-refractivity contribution in [3.05, 3.63) is 27.7 Å². The molecule has 0 N–H and O–H groups in total. The number of hydrogen-bond donors (Lipinski definition) is 0. The highest BCUT2D eigenvalue weighted by Crippen LogP contribution is 2.37. The van der Waals surface area contributed by atoms with Gasteiger partial charge in [-0.1, -0.05) is 30.1 Å². The molecule has 2 rings (SSSR count). The number of halogens is 2. The highest BCUT2D eigenvalue weighted by molar-refractivity contribution is 6.36. The van der Waals surface area contributed by atoms with Crippen molar-refractivity contribution >= 4 is 29.0 Å². The second-order valence-corrected chi connectivity index (χ2v) is 4.39. The first-order valence-electron chi connectivity index (χ1n) is 4.79. The van der Waals surface area contributed by atoms with E-state index in [4.69, 9.17) is 27.9 Å². The molecular formula is C11H10Cl2O2. The number of carbonyl (C=O) groups is 1. The fourth-order valence-electron chi connectivity index (χ4n) is 1.67. The lowest BCUT2D eigenvalue weighted by Crippen LogP contribution is -2.27. The lowest BCUT2D eigenvalue weighted by Gasteiger charge is -2.24. The number of carbonyl (C=O) groups excluding carboxylic acids is 1. The molecule has 80 valence electrons. The molecule has 15 heavy (non-hydrogen) atoms. The third-order valence-corrected chi connectivity index (χ3v) is 3.07. The molecule has 0 aromatic heterocycles. The van der Waals surface area contributed by atoms with Crippen LogP contribution in [-0.4, -0.2) is 12.4 Å². The Morgan fingerprint density at radius 1 is 1.47 bits per heavy atom. The van der Waals surface area contributed by atoms with E-state index < -0.39 is 0 Å². The fourth-order valence-corrected chi connectivity index (χ4v) is 2.22. The van der Waals surface area contributed by atoms with Crippen molar-refractivity contribution in [1.29, 1.82) is 0 Å². The highest BCUT2D eigenvalue weighted by Gasteiger charge is 2.29. The quantitative estimate of drug-likeness (QED) is 0.755. The molecule has 0 saturated heterocycles. The Hall–Kier alpha value is -0.730. The van der Waals surface area contributed by atoms with Gasteiger partial charge < -0.3 is 4.74 Å². The van der Waals surface area contributed by atoms with Crippen molar-refractivity contribution in [2.45, 2.75) is 13.3 Å². The second-order valence-electron chi connectivity index (χ2n) is 3.54. The standard InChI is InChI=1S/C11H10Cl2O2/c1-2-6-5-15-11-8(10(6)14)3-7(12)4-9(11)13/h3-4,6H,2,5H2,1H3. The summed E-state index contributed by atoms with van der Waals surface area (Å²) in [6.07, 6.45) is 0.766. The summed E-state index contributed by atoms with van der Waals surface area (Å²) in [6, 6.07) is 3.20. The SMILES string of the molecule is CCC1COc2c(Cl)cc(Cl)cc2C1=O. The van der Waals surface area contributed by atoms with Crippen molar-refractivity contribution in [2.75, 3.05) is 6.61 Å². The van der Waals surface area contributed by atoms with E-state index in [2.05, 4.69) is 0 Å². The maximum atomic E-state index is 12.0. The zero-order chi connectivity index (χ0) is 11.0. The molecule has 0 saturated carbocycles. The summed E-state index contributed by atoms with van der Waals surface area (Å²) in [7, 11) is 0. The van der Waals surface area contributed by atoms with Crippen LogP contribution in [0.4, 0.5) is 0 Å². The molecular weight excluding hydrogens is 235 g/mol. The van der Waals surface area contributed by atoms with Gasteiger partial charge in [-0.3, -0.25) is 4.79 Å². The zero-order valence-corrected chi connectivity index (χ0v) is 9.73. The third-order valence-electron chi connectivity index (χ3n) is 2.57. The molecule has 1 aliphatic rings. The first kappa shape index (κ1) is 10.8. The molecule has 1 aliphatic heterocycles. The molecule has 1 aromatic rings. The third kappa shape index (κ3) is 1.84. The molecule has 1 atom stereocenters. The minimum atomic E-state index is -0.0768. The molecule has 0 aliphatic carbocycles. The predicted molar refractivity (Wildman–Crippen MR) is 60.1 cm³/mol. The number of ketones is 1. The fraction of sp³-hybridized carbons (Fsp3) is 0.364. The maximum Gasteiger partial charge on any atom is 0.173 e. The lowest BCUT2D eigenvalue weighted by molar-refractivity contribution is 0.0826. The Morgan fingerprint density at radius 3 is 2.87 bits per heavy atom. The van der Waals surface area contributed by atoms with Crippen LogP contribution < -0.4 is 4.74 Å². The Balaban J connectivity index is 2.51. The average Bonchev–Trinajstić information content (AvgIpc) is 2.19. The molecule has 0 spiro atoms. The predicted octanol–water partition coefficient (Wildman–Crippen LogP) is 3.59. The number of ether oxygens (including phenoxy) is 1. The van der Waals surface area contributed by atoms with Crippen LogP contribution in [0.25, 0.3) is 0 Å². The van der Waals surface area contributed by atoms with E-state index in [0.29, 0.717) is 28.0 Å². The number of hydrogen-bond acceptors (Lipinski definition) is 2. The van der Waals surface area contributed by atoms with Gasteiger partial charge in [0.2, 0.25) is 0 Å². The first-order chi connectivity index (χ1) is 7.13. The summed E-state index contributed by atoms with van der Waals surface area (Å²) in [5.41, 5.74) is 0.505. The van der Waals surface area contributed by atoms with Crippen LogP contribution in [-0.2, 0) is 0 Å². The van der Waals surface area contributed by atoms with Crippen LogP contribution in [0, 0.1) is 5.92 Å². The van der Waals surface area contributed by atoms with Crippen LogP contribution in [0.2, 0.25) is 10.0 Å². The highest BCUT2D eigenvalue weighted by atomic mass is 35.5. The van der Waals surface area contributed by atoms with Gasteiger partial charge in [-0.2, -0.15) is 0 Å². The molecule has 2 nitrogen and oxygen atoms in total. The van der Waals surface area contributed by atoms with Crippen LogP contribution in [0.3, 0.4) is 0 Å². The van der Waals surface area contributed by atoms with Gasteiger partial charge in [-0.25, -0.2) is 0 Å². The zero-order valence-electron chi connectivity index (χ0n) is 8.22. The number of rotatable bonds is 1. The molecule has 1 aromatic carbocycles. The van der Waals surface area contributed by atoms with Crippen LogP contribution >= 0.6 is 23.2 Å². The van der Waals surface area contributed by atoms with Gasteiger partial charge >= 0.3 is 0 Å². The molecule has 0 bridgehead atoms. The minimum Gasteiger partial charge on any atom is -0.490 e.